The number of hydrogen-bond donors (Lipinski definition) is 2. The van der Waals surface area contributed by atoms with Crippen molar-refractivity contribution in [1.82, 2.24) is 14.8 Å². The predicted octanol–water partition coefficient (Wildman–Crippen LogP) is 4.98. The summed E-state index contributed by atoms with van der Waals surface area (Å²) in [5.41, 5.74) is 7.76. The molecule has 3 fully saturated rings. The Morgan fingerprint density at radius 3 is 2.40 bits per heavy atom. The number of nitriles is 1. The number of benzene rings is 3. The Kier molecular flexibility index (Phi) is 9.06. The van der Waals surface area contributed by atoms with Crippen LogP contribution >= 0.6 is 0 Å². The minimum absolute atomic E-state index is 0.00947. The number of anilines is 5. The predicted molar refractivity (Wildman–Crippen MR) is 206 cm³/mol. The standard InChI is InChI=1S/C41H45FN8O3/c1-25-16-31-36(47(3)41(25)53)18-29(19-37(31)50-15-14-46(2)35-7-4-26(21-43)17-38(35)50)28-10-12-48(13-11-28)22-27-23-49(24-27)34-8-5-30(20-32(34)42)44-33-6-9-39(51)45-40(33)52/h4-5,7-8,16-20,27-28,33,44H,6,9-15,22-24H2,1-3H3,(H,45,51,52). The van der Waals surface area contributed by atoms with E-state index in [-0.39, 0.29) is 29.6 Å². The number of rotatable bonds is 7. The van der Waals surface area contributed by atoms with Crippen molar-refractivity contribution in [1.29, 1.82) is 5.26 Å². The first-order chi connectivity index (χ1) is 25.6. The summed E-state index contributed by atoms with van der Waals surface area (Å²) in [5, 5.41) is 16.2. The molecule has 3 saturated heterocycles. The topological polar surface area (TPSA) is 117 Å². The number of likely N-dealkylation sites (tertiary alicyclic amines) is 1. The van der Waals surface area contributed by atoms with Crippen molar-refractivity contribution in [2.24, 2.45) is 13.0 Å². The smallest absolute Gasteiger partial charge is 0.253 e. The summed E-state index contributed by atoms with van der Waals surface area (Å²) < 4.78 is 17.0. The number of nitrogens with zero attached hydrogens (tertiary/aromatic N) is 6. The van der Waals surface area contributed by atoms with Crippen LogP contribution in [0.15, 0.2) is 59.4 Å². The molecule has 0 bridgehead atoms. The summed E-state index contributed by atoms with van der Waals surface area (Å²) in [6.07, 6.45) is 2.67. The van der Waals surface area contributed by atoms with Crippen molar-refractivity contribution in [2.75, 3.05) is 72.9 Å². The zero-order valence-corrected chi connectivity index (χ0v) is 30.5. The van der Waals surface area contributed by atoms with Gasteiger partial charge in [0.15, 0.2) is 0 Å². The lowest BCUT2D eigenvalue weighted by Gasteiger charge is -2.44. The number of carbonyl (C=O) groups excluding carboxylic acids is 2. The van der Waals surface area contributed by atoms with Gasteiger partial charge in [0.2, 0.25) is 11.8 Å². The van der Waals surface area contributed by atoms with Gasteiger partial charge in [-0.1, -0.05) is 0 Å². The molecule has 8 rings (SSSR count). The van der Waals surface area contributed by atoms with E-state index in [1.54, 1.807) is 16.7 Å². The van der Waals surface area contributed by atoms with Gasteiger partial charge in [-0.2, -0.15) is 5.26 Å². The highest BCUT2D eigenvalue weighted by Crippen LogP contribution is 2.43. The van der Waals surface area contributed by atoms with Crippen molar-refractivity contribution in [3.8, 4) is 6.07 Å². The minimum atomic E-state index is -0.551. The molecule has 3 aromatic carbocycles. The van der Waals surface area contributed by atoms with E-state index in [0.717, 1.165) is 86.6 Å². The number of pyridine rings is 1. The van der Waals surface area contributed by atoms with Crippen LogP contribution in [0.25, 0.3) is 10.9 Å². The van der Waals surface area contributed by atoms with E-state index in [1.165, 1.54) is 11.6 Å². The highest BCUT2D eigenvalue weighted by molar-refractivity contribution is 6.01. The summed E-state index contributed by atoms with van der Waals surface area (Å²) >= 11 is 0. The Morgan fingerprint density at radius 1 is 0.887 bits per heavy atom. The van der Waals surface area contributed by atoms with Crippen LogP contribution in [-0.2, 0) is 16.6 Å². The first-order valence-corrected chi connectivity index (χ1v) is 18.6. The number of aryl methyl sites for hydroxylation is 2. The van der Waals surface area contributed by atoms with Crippen LogP contribution < -0.4 is 30.9 Å². The van der Waals surface area contributed by atoms with Gasteiger partial charge in [0.05, 0.1) is 39.9 Å². The number of piperidine rings is 2. The summed E-state index contributed by atoms with van der Waals surface area (Å²) in [6, 6.07) is 19.2. The first-order valence-electron chi connectivity index (χ1n) is 18.6. The molecule has 1 atom stereocenters. The van der Waals surface area contributed by atoms with Crippen molar-refractivity contribution in [3.63, 3.8) is 0 Å². The average molecular weight is 717 g/mol. The first kappa shape index (κ1) is 34.7. The van der Waals surface area contributed by atoms with Crippen molar-refractivity contribution in [2.45, 2.75) is 44.6 Å². The SMILES string of the molecule is Cc1cc2c(N3CCN(C)c4ccc(C#N)cc43)cc(C3CCN(CC4CN(c5ccc(NC6CCC(=O)NC6=O)cc5F)C4)CC3)cc2n(C)c1=O. The minimum Gasteiger partial charge on any atom is -0.374 e. The second-order valence-electron chi connectivity index (χ2n) is 15.2. The van der Waals surface area contributed by atoms with Crippen LogP contribution in [0.2, 0.25) is 0 Å². The summed E-state index contributed by atoms with van der Waals surface area (Å²) in [5.74, 6) is -0.179. The fraction of sp³-hybridized carbons (Fsp3) is 0.415. The van der Waals surface area contributed by atoms with Crippen LogP contribution in [0, 0.1) is 30.0 Å². The third-order valence-corrected chi connectivity index (χ3v) is 11.7. The number of amides is 2. The second-order valence-corrected chi connectivity index (χ2v) is 15.2. The molecule has 0 aliphatic carbocycles. The van der Waals surface area contributed by atoms with Crippen LogP contribution in [0.5, 0.6) is 0 Å². The fourth-order valence-electron chi connectivity index (χ4n) is 8.64. The molecule has 4 aliphatic heterocycles. The van der Waals surface area contributed by atoms with Crippen LogP contribution in [-0.4, -0.2) is 80.2 Å². The molecule has 2 amide bonds. The quantitative estimate of drug-likeness (QED) is 0.256. The van der Waals surface area contributed by atoms with E-state index in [0.29, 0.717) is 40.8 Å². The maximum absolute atomic E-state index is 15.2. The van der Waals surface area contributed by atoms with Crippen molar-refractivity contribution < 1.29 is 14.0 Å². The number of halogens is 1. The lowest BCUT2D eigenvalue weighted by molar-refractivity contribution is -0.133. The Bertz CT molecular complexity index is 2220. The summed E-state index contributed by atoms with van der Waals surface area (Å²) in [7, 11) is 3.94. The molecule has 5 heterocycles. The maximum atomic E-state index is 15.2. The Hall–Kier alpha value is -5.41. The number of imide groups is 1. The van der Waals surface area contributed by atoms with Gasteiger partial charge in [-0.3, -0.25) is 19.7 Å². The van der Waals surface area contributed by atoms with Gasteiger partial charge in [0.1, 0.15) is 11.9 Å². The van der Waals surface area contributed by atoms with E-state index >= 15 is 4.39 Å². The second kappa shape index (κ2) is 13.9. The number of fused-ring (bicyclic) bond motifs is 2. The molecule has 2 N–H and O–H groups in total. The molecule has 11 nitrogen and oxygen atoms in total. The Morgan fingerprint density at radius 2 is 1.66 bits per heavy atom. The molecular weight excluding hydrogens is 672 g/mol. The molecule has 1 unspecified atom stereocenters. The normalized spacial score (nSPS) is 19.9. The lowest BCUT2D eigenvalue weighted by Crippen LogP contribution is -2.52. The van der Waals surface area contributed by atoms with Gasteiger partial charge in [-0.05, 0) is 105 Å². The van der Waals surface area contributed by atoms with Gasteiger partial charge in [-0.25, -0.2) is 4.39 Å². The number of carbonyl (C=O) groups is 2. The number of likely N-dealkylation sites (N-methyl/N-ethyl adjacent to an activating group) is 1. The van der Waals surface area contributed by atoms with Gasteiger partial charge < -0.3 is 29.5 Å². The molecule has 274 valence electrons. The fourth-order valence-corrected chi connectivity index (χ4v) is 8.64. The third-order valence-electron chi connectivity index (χ3n) is 11.7. The van der Waals surface area contributed by atoms with Crippen molar-refractivity contribution in [3.05, 3.63) is 87.5 Å². The Balaban J connectivity index is 0.939. The number of nitrogens with one attached hydrogen (secondary N) is 2. The van der Waals surface area contributed by atoms with Gasteiger partial charge in [0, 0.05) is 75.8 Å². The molecule has 12 heteroatoms. The highest BCUT2D eigenvalue weighted by atomic mass is 19.1. The molecular formula is C41H45FN8O3. The molecule has 0 spiro atoms. The van der Waals surface area contributed by atoms with E-state index in [1.807, 2.05) is 38.2 Å². The van der Waals surface area contributed by atoms with Gasteiger partial charge >= 0.3 is 0 Å². The third kappa shape index (κ3) is 6.59. The highest BCUT2D eigenvalue weighted by Gasteiger charge is 2.33. The molecule has 4 aliphatic rings. The molecule has 0 radical (unpaired) electrons. The number of hydrogen-bond acceptors (Lipinski definition) is 9. The van der Waals surface area contributed by atoms with E-state index in [4.69, 9.17) is 0 Å². The molecule has 4 aromatic rings. The molecule has 0 saturated carbocycles. The molecule has 1 aromatic heterocycles. The average Bonchev–Trinajstić information content (AvgIpc) is 3.14. The zero-order chi connectivity index (χ0) is 37.0. The number of aromatic nitrogens is 1. The zero-order valence-electron chi connectivity index (χ0n) is 30.5. The summed E-state index contributed by atoms with van der Waals surface area (Å²) in [6.45, 7) is 7.97. The lowest BCUT2D eigenvalue weighted by atomic mass is 9.87. The largest absolute Gasteiger partial charge is 0.374 e. The molecule has 53 heavy (non-hydrogen) atoms. The van der Waals surface area contributed by atoms with E-state index in [2.05, 4.69) is 55.5 Å². The van der Waals surface area contributed by atoms with E-state index < -0.39 is 6.04 Å². The van der Waals surface area contributed by atoms with Crippen LogP contribution in [0.1, 0.15) is 48.3 Å². The van der Waals surface area contributed by atoms with Crippen molar-refractivity contribution >= 4 is 51.2 Å². The summed E-state index contributed by atoms with van der Waals surface area (Å²) in [4.78, 5) is 45.9. The Labute approximate surface area is 308 Å². The van der Waals surface area contributed by atoms with Gasteiger partial charge in [-0.15, -0.1) is 0 Å². The van der Waals surface area contributed by atoms with Crippen LogP contribution in [0.3, 0.4) is 0 Å². The van der Waals surface area contributed by atoms with Gasteiger partial charge in [0.25, 0.3) is 5.56 Å². The maximum Gasteiger partial charge on any atom is 0.253 e. The van der Waals surface area contributed by atoms with E-state index in [9.17, 15) is 19.6 Å². The van der Waals surface area contributed by atoms with Crippen LogP contribution in [0.4, 0.5) is 32.8 Å². The monoisotopic (exact) mass is 716 g/mol.